The molecule has 0 aliphatic carbocycles. The molecule has 24 heavy (non-hydrogen) atoms. The van der Waals surface area contributed by atoms with Gasteiger partial charge in [-0.1, -0.05) is 19.9 Å². The second-order valence-electron chi connectivity index (χ2n) is 5.33. The SMILES string of the molecule is CCN(CC)S(=O)(=O)c1ccc(C)c(C(=O)NCc2ccco2)c1. The Hall–Kier alpha value is -2.12. The maximum atomic E-state index is 12.6. The summed E-state index contributed by atoms with van der Waals surface area (Å²) < 4.78 is 31.7. The lowest BCUT2D eigenvalue weighted by atomic mass is 10.1. The second-order valence-corrected chi connectivity index (χ2v) is 7.27. The summed E-state index contributed by atoms with van der Waals surface area (Å²) in [5, 5.41) is 2.74. The van der Waals surface area contributed by atoms with Crippen LogP contribution in [0.1, 0.15) is 35.5 Å². The maximum Gasteiger partial charge on any atom is 0.251 e. The van der Waals surface area contributed by atoms with Crippen LogP contribution in [0.2, 0.25) is 0 Å². The zero-order chi connectivity index (χ0) is 17.7. The summed E-state index contributed by atoms with van der Waals surface area (Å²) in [6.07, 6.45) is 1.53. The van der Waals surface area contributed by atoms with Crippen molar-refractivity contribution in [2.45, 2.75) is 32.2 Å². The summed E-state index contributed by atoms with van der Waals surface area (Å²) in [5.41, 5.74) is 1.06. The molecule has 2 aromatic rings. The number of hydrogen-bond donors (Lipinski definition) is 1. The third kappa shape index (κ3) is 3.85. The van der Waals surface area contributed by atoms with Crippen molar-refractivity contribution in [3.8, 4) is 0 Å². The Morgan fingerprint density at radius 3 is 2.50 bits per heavy atom. The summed E-state index contributed by atoms with van der Waals surface area (Å²) in [5.74, 6) is 0.299. The molecule has 0 saturated heterocycles. The molecule has 7 heteroatoms. The molecule has 6 nitrogen and oxygen atoms in total. The first-order valence-corrected chi connectivity index (χ1v) is 9.25. The number of benzene rings is 1. The van der Waals surface area contributed by atoms with Gasteiger partial charge < -0.3 is 9.73 Å². The van der Waals surface area contributed by atoms with Crippen molar-refractivity contribution in [2.75, 3.05) is 13.1 Å². The zero-order valence-corrected chi connectivity index (χ0v) is 14.9. The van der Waals surface area contributed by atoms with E-state index in [9.17, 15) is 13.2 Å². The number of amides is 1. The number of carbonyl (C=O) groups is 1. The molecule has 2 rings (SSSR count). The third-order valence-corrected chi connectivity index (χ3v) is 5.85. The largest absolute Gasteiger partial charge is 0.467 e. The van der Waals surface area contributed by atoms with E-state index in [-0.39, 0.29) is 17.3 Å². The van der Waals surface area contributed by atoms with Crippen LogP contribution >= 0.6 is 0 Å². The molecule has 0 atom stereocenters. The molecule has 130 valence electrons. The Morgan fingerprint density at radius 2 is 1.92 bits per heavy atom. The monoisotopic (exact) mass is 350 g/mol. The Labute approximate surface area is 142 Å². The smallest absolute Gasteiger partial charge is 0.251 e. The first-order valence-electron chi connectivity index (χ1n) is 7.81. The van der Waals surface area contributed by atoms with Crippen LogP contribution in [-0.2, 0) is 16.6 Å². The van der Waals surface area contributed by atoms with E-state index in [0.29, 0.717) is 30.0 Å². The Morgan fingerprint density at radius 1 is 1.21 bits per heavy atom. The summed E-state index contributed by atoms with van der Waals surface area (Å²) >= 11 is 0. The molecule has 1 amide bonds. The number of nitrogens with one attached hydrogen (secondary N) is 1. The molecule has 0 bridgehead atoms. The van der Waals surface area contributed by atoms with E-state index >= 15 is 0 Å². The van der Waals surface area contributed by atoms with Crippen LogP contribution in [-0.4, -0.2) is 31.7 Å². The number of rotatable bonds is 7. The van der Waals surface area contributed by atoms with E-state index in [4.69, 9.17) is 4.42 Å². The van der Waals surface area contributed by atoms with Crippen LogP contribution in [0.25, 0.3) is 0 Å². The van der Waals surface area contributed by atoms with E-state index < -0.39 is 10.0 Å². The van der Waals surface area contributed by atoms with Crippen molar-refractivity contribution >= 4 is 15.9 Å². The number of aryl methyl sites for hydroxylation is 1. The van der Waals surface area contributed by atoms with Gasteiger partial charge in [-0.05, 0) is 36.8 Å². The molecule has 1 aromatic heterocycles. The van der Waals surface area contributed by atoms with Gasteiger partial charge in [-0.2, -0.15) is 4.31 Å². The lowest BCUT2D eigenvalue weighted by Gasteiger charge is -2.19. The Bertz CT molecular complexity index is 794. The molecule has 0 spiro atoms. The van der Waals surface area contributed by atoms with Crippen LogP contribution < -0.4 is 5.32 Å². The molecular weight excluding hydrogens is 328 g/mol. The van der Waals surface area contributed by atoms with Gasteiger partial charge in [0, 0.05) is 18.7 Å². The molecule has 0 aliphatic rings. The van der Waals surface area contributed by atoms with Gasteiger partial charge in [0.2, 0.25) is 10.0 Å². The lowest BCUT2D eigenvalue weighted by molar-refractivity contribution is 0.0947. The summed E-state index contributed by atoms with van der Waals surface area (Å²) in [7, 11) is -3.60. The molecule has 0 fully saturated rings. The summed E-state index contributed by atoms with van der Waals surface area (Å²) in [6.45, 7) is 6.35. The quantitative estimate of drug-likeness (QED) is 0.832. The average Bonchev–Trinajstić information content (AvgIpc) is 3.07. The lowest BCUT2D eigenvalue weighted by Crippen LogP contribution is -2.31. The van der Waals surface area contributed by atoms with Crippen LogP contribution in [0.15, 0.2) is 45.9 Å². The van der Waals surface area contributed by atoms with E-state index in [1.165, 1.54) is 22.7 Å². The number of furan rings is 1. The van der Waals surface area contributed by atoms with E-state index in [1.54, 1.807) is 39.0 Å². The predicted octanol–water partition coefficient (Wildman–Crippen LogP) is 2.55. The Balaban J connectivity index is 2.26. The van der Waals surface area contributed by atoms with Crippen molar-refractivity contribution in [3.05, 3.63) is 53.5 Å². The van der Waals surface area contributed by atoms with Crippen LogP contribution in [0.3, 0.4) is 0 Å². The third-order valence-electron chi connectivity index (χ3n) is 3.80. The van der Waals surface area contributed by atoms with Gasteiger partial charge in [0.25, 0.3) is 5.91 Å². The normalized spacial score (nSPS) is 11.7. The highest BCUT2D eigenvalue weighted by atomic mass is 32.2. The van der Waals surface area contributed by atoms with Gasteiger partial charge in [0.05, 0.1) is 17.7 Å². The number of nitrogens with zero attached hydrogens (tertiary/aromatic N) is 1. The van der Waals surface area contributed by atoms with E-state index in [2.05, 4.69) is 5.32 Å². The maximum absolute atomic E-state index is 12.6. The fourth-order valence-corrected chi connectivity index (χ4v) is 3.88. The minimum Gasteiger partial charge on any atom is -0.467 e. The van der Waals surface area contributed by atoms with Gasteiger partial charge in [-0.15, -0.1) is 0 Å². The van der Waals surface area contributed by atoms with Crippen LogP contribution in [0.4, 0.5) is 0 Å². The number of carbonyl (C=O) groups excluding carboxylic acids is 1. The number of sulfonamides is 1. The predicted molar refractivity (Wildman–Crippen MR) is 91.2 cm³/mol. The van der Waals surface area contributed by atoms with Gasteiger partial charge in [0.15, 0.2) is 0 Å². The molecular formula is C17H22N2O4S. The van der Waals surface area contributed by atoms with Gasteiger partial charge >= 0.3 is 0 Å². The van der Waals surface area contributed by atoms with E-state index in [0.717, 1.165) is 0 Å². The van der Waals surface area contributed by atoms with Crippen LogP contribution in [0.5, 0.6) is 0 Å². The van der Waals surface area contributed by atoms with Crippen molar-refractivity contribution < 1.29 is 17.6 Å². The minimum atomic E-state index is -3.60. The molecule has 1 heterocycles. The van der Waals surface area contributed by atoms with Crippen molar-refractivity contribution in [3.63, 3.8) is 0 Å². The molecule has 0 aliphatic heterocycles. The van der Waals surface area contributed by atoms with Gasteiger partial charge in [0.1, 0.15) is 5.76 Å². The second kappa shape index (κ2) is 7.63. The van der Waals surface area contributed by atoms with Crippen molar-refractivity contribution in [1.29, 1.82) is 0 Å². The fraction of sp³-hybridized carbons (Fsp3) is 0.353. The first kappa shape index (κ1) is 18.2. The first-order chi connectivity index (χ1) is 11.4. The molecule has 0 saturated carbocycles. The highest BCUT2D eigenvalue weighted by molar-refractivity contribution is 7.89. The summed E-state index contributed by atoms with van der Waals surface area (Å²) in [4.78, 5) is 12.5. The summed E-state index contributed by atoms with van der Waals surface area (Å²) in [6, 6.07) is 8.11. The Kier molecular flexibility index (Phi) is 5.80. The molecule has 1 aromatic carbocycles. The van der Waals surface area contributed by atoms with Gasteiger partial charge in [-0.3, -0.25) is 4.79 Å². The topological polar surface area (TPSA) is 79.6 Å². The molecule has 1 N–H and O–H groups in total. The zero-order valence-electron chi connectivity index (χ0n) is 14.1. The number of hydrogen-bond acceptors (Lipinski definition) is 4. The molecule has 0 radical (unpaired) electrons. The fourth-order valence-electron chi connectivity index (χ4n) is 2.39. The highest BCUT2D eigenvalue weighted by Crippen LogP contribution is 2.19. The minimum absolute atomic E-state index is 0.125. The van der Waals surface area contributed by atoms with Gasteiger partial charge in [-0.25, -0.2) is 8.42 Å². The standard InChI is InChI=1S/C17H22N2O4S/c1-4-19(5-2)24(21,22)15-9-8-13(3)16(11-15)17(20)18-12-14-7-6-10-23-14/h6-11H,4-5,12H2,1-3H3,(H,18,20). The van der Waals surface area contributed by atoms with Crippen molar-refractivity contribution in [1.82, 2.24) is 9.62 Å². The van der Waals surface area contributed by atoms with E-state index in [1.807, 2.05) is 0 Å². The van der Waals surface area contributed by atoms with Crippen molar-refractivity contribution in [2.24, 2.45) is 0 Å². The highest BCUT2D eigenvalue weighted by Gasteiger charge is 2.23. The molecule has 0 unspecified atom stereocenters. The van der Waals surface area contributed by atoms with Crippen LogP contribution in [0, 0.1) is 6.92 Å². The average molecular weight is 350 g/mol.